The van der Waals surface area contributed by atoms with Crippen LogP contribution in [0.4, 0.5) is 0 Å². The van der Waals surface area contributed by atoms with Crippen LogP contribution in [0.2, 0.25) is 5.02 Å². The zero-order chi connectivity index (χ0) is 16.0. The molecule has 8 heteroatoms. The van der Waals surface area contributed by atoms with E-state index < -0.39 is 17.4 Å². The summed E-state index contributed by atoms with van der Waals surface area (Å²) in [5.41, 5.74) is -1.07. The lowest BCUT2D eigenvalue weighted by Gasteiger charge is -2.27. The molecule has 1 N–H and O–H groups in total. The Morgan fingerprint density at radius 3 is 2.71 bits per heavy atom. The lowest BCUT2D eigenvalue weighted by molar-refractivity contribution is -0.147. The van der Waals surface area contributed by atoms with Crippen LogP contribution in [0, 0.1) is 0 Å². The summed E-state index contributed by atoms with van der Waals surface area (Å²) in [6, 6.07) is 0. The highest BCUT2D eigenvalue weighted by molar-refractivity contribution is 7.98. The van der Waals surface area contributed by atoms with Gasteiger partial charge in [-0.2, -0.15) is 0 Å². The molecule has 0 radical (unpaired) electrons. The van der Waals surface area contributed by atoms with Gasteiger partial charge in [0.15, 0.2) is 10.9 Å². The van der Waals surface area contributed by atoms with Crippen molar-refractivity contribution in [2.45, 2.75) is 37.4 Å². The van der Waals surface area contributed by atoms with Crippen molar-refractivity contribution in [1.82, 2.24) is 15.3 Å². The van der Waals surface area contributed by atoms with Crippen LogP contribution < -0.4 is 5.32 Å². The molecule has 1 unspecified atom stereocenters. The molecule has 1 aromatic rings. The van der Waals surface area contributed by atoms with E-state index in [1.165, 1.54) is 25.1 Å². The average Bonchev–Trinajstić information content (AvgIpc) is 2.46. The first-order chi connectivity index (χ1) is 9.87. The maximum atomic E-state index is 12.3. The van der Waals surface area contributed by atoms with E-state index in [0.29, 0.717) is 18.0 Å². The van der Waals surface area contributed by atoms with Crippen LogP contribution in [0.5, 0.6) is 0 Å². The molecule has 21 heavy (non-hydrogen) atoms. The second kappa shape index (κ2) is 7.61. The fourth-order valence-corrected chi connectivity index (χ4v) is 2.38. The van der Waals surface area contributed by atoms with Gasteiger partial charge in [0, 0.05) is 0 Å². The third-order valence-corrected chi connectivity index (χ3v) is 3.73. The second-order valence-corrected chi connectivity index (χ2v) is 5.76. The minimum atomic E-state index is -1.12. The van der Waals surface area contributed by atoms with Crippen molar-refractivity contribution in [3.05, 3.63) is 16.9 Å². The SMILES string of the molecule is CCCC(C)(NC(=O)c1nc(SC)ncc1Cl)C(=O)OC. The van der Waals surface area contributed by atoms with Gasteiger partial charge in [-0.15, -0.1) is 0 Å². The minimum Gasteiger partial charge on any atom is -0.467 e. The van der Waals surface area contributed by atoms with Crippen molar-refractivity contribution in [2.24, 2.45) is 0 Å². The van der Waals surface area contributed by atoms with Gasteiger partial charge >= 0.3 is 5.97 Å². The highest BCUT2D eigenvalue weighted by Gasteiger charge is 2.36. The summed E-state index contributed by atoms with van der Waals surface area (Å²) in [5.74, 6) is -1.04. The first kappa shape index (κ1) is 17.7. The highest BCUT2D eigenvalue weighted by atomic mass is 35.5. The average molecular weight is 332 g/mol. The first-order valence-electron chi connectivity index (χ1n) is 6.35. The van der Waals surface area contributed by atoms with Crippen molar-refractivity contribution in [3.8, 4) is 0 Å². The number of carbonyl (C=O) groups excluding carboxylic acids is 2. The van der Waals surface area contributed by atoms with E-state index >= 15 is 0 Å². The van der Waals surface area contributed by atoms with Crippen molar-refractivity contribution in [3.63, 3.8) is 0 Å². The minimum absolute atomic E-state index is 0.0437. The molecule has 0 fully saturated rings. The standard InChI is InChI=1S/C13H18ClN3O3S/c1-5-6-13(2,11(19)20-3)17-10(18)9-8(14)7-15-12(16-9)21-4/h7H,5-6H2,1-4H3,(H,17,18). The van der Waals surface area contributed by atoms with Gasteiger partial charge in [0.25, 0.3) is 5.91 Å². The maximum absolute atomic E-state index is 12.3. The van der Waals surface area contributed by atoms with Crippen LogP contribution in [0.25, 0.3) is 0 Å². The molecule has 0 bridgehead atoms. The molecule has 1 heterocycles. The molecular formula is C13H18ClN3O3S. The summed E-state index contributed by atoms with van der Waals surface area (Å²) in [6.07, 6.45) is 4.31. The number of thioether (sulfide) groups is 1. The van der Waals surface area contributed by atoms with Gasteiger partial charge in [0.05, 0.1) is 18.3 Å². The summed E-state index contributed by atoms with van der Waals surface area (Å²) < 4.78 is 4.76. The monoisotopic (exact) mass is 331 g/mol. The summed E-state index contributed by atoms with van der Waals surface area (Å²) >= 11 is 7.25. The maximum Gasteiger partial charge on any atom is 0.331 e. The van der Waals surface area contributed by atoms with Gasteiger partial charge in [-0.3, -0.25) is 4.79 Å². The molecule has 1 amide bonds. The third kappa shape index (κ3) is 4.31. The molecule has 0 saturated carbocycles. The number of rotatable bonds is 6. The Balaban J connectivity index is 3.05. The predicted molar refractivity (Wildman–Crippen MR) is 81.6 cm³/mol. The topological polar surface area (TPSA) is 81.2 Å². The van der Waals surface area contributed by atoms with Crippen LogP contribution in [0.3, 0.4) is 0 Å². The molecule has 1 rings (SSSR count). The zero-order valence-electron chi connectivity index (χ0n) is 12.4. The first-order valence-corrected chi connectivity index (χ1v) is 7.95. The second-order valence-electron chi connectivity index (χ2n) is 4.58. The Bertz CT molecular complexity index is 541. The largest absolute Gasteiger partial charge is 0.467 e. The molecule has 0 aliphatic carbocycles. The van der Waals surface area contributed by atoms with Gasteiger partial charge in [-0.25, -0.2) is 14.8 Å². The Kier molecular flexibility index (Phi) is 6.42. The quantitative estimate of drug-likeness (QED) is 0.489. The number of amides is 1. The predicted octanol–water partition coefficient (Wildman–Crippen LogP) is 2.31. The van der Waals surface area contributed by atoms with Gasteiger partial charge < -0.3 is 10.1 Å². The van der Waals surface area contributed by atoms with E-state index in [4.69, 9.17) is 16.3 Å². The summed E-state index contributed by atoms with van der Waals surface area (Å²) in [4.78, 5) is 32.3. The van der Waals surface area contributed by atoms with Crippen LogP contribution >= 0.6 is 23.4 Å². The number of methoxy groups -OCH3 is 1. The molecule has 6 nitrogen and oxygen atoms in total. The molecule has 0 aliphatic rings. The normalized spacial score (nSPS) is 13.4. The lowest BCUT2D eigenvalue weighted by atomic mass is 9.96. The summed E-state index contributed by atoms with van der Waals surface area (Å²) in [7, 11) is 1.28. The number of nitrogens with one attached hydrogen (secondary N) is 1. The van der Waals surface area contributed by atoms with Crippen molar-refractivity contribution in [1.29, 1.82) is 0 Å². The van der Waals surface area contributed by atoms with Crippen LogP contribution in [0.15, 0.2) is 11.4 Å². The van der Waals surface area contributed by atoms with E-state index in [1.54, 1.807) is 13.2 Å². The van der Waals surface area contributed by atoms with E-state index in [-0.39, 0.29) is 10.7 Å². The van der Waals surface area contributed by atoms with Crippen LogP contribution in [-0.2, 0) is 9.53 Å². The third-order valence-electron chi connectivity index (χ3n) is 2.89. The number of nitrogens with zero attached hydrogens (tertiary/aromatic N) is 2. The molecule has 0 spiro atoms. The number of esters is 1. The molecule has 0 aromatic carbocycles. The van der Waals surface area contributed by atoms with Crippen molar-refractivity contribution >= 4 is 35.2 Å². The van der Waals surface area contributed by atoms with Crippen molar-refractivity contribution < 1.29 is 14.3 Å². The van der Waals surface area contributed by atoms with Gasteiger partial charge in [-0.1, -0.05) is 36.7 Å². The molecule has 0 saturated heterocycles. The van der Waals surface area contributed by atoms with E-state index in [9.17, 15) is 9.59 Å². The highest BCUT2D eigenvalue weighted by Crippen LogP contribution is 2.19. The van der Waals surface area contributed by atoms with Gasteiger partial charge in [0.1, 0.15) is 5.54 Å². The van der Waals surface area contributed by atoms with Gasteiger partial charge in [0.2, 0.25) is 0 Å². The molecular weight excluding hydrogens is 314 g/mol. The number of aromatic nitrogens is 2. The number of ether oxygens (including phenoxy) is 1. The molecule has 1 atom stereocenters. The number of hydrogen-bond donors (Lipinski definition) is 1. The summed E-state index contributed by atoms with van der Waals surface area (Å²) in [6.45, 7) is 3.53. The molecule has 1 aromatic heterocycles. The Morgan fingerprint density at radius 1 is 1.52 bits per heavy atom. The lowest BCUT2D eigenvalue weighted by Crippen LogP contribution is -2.53. The van der Waals surface area contributed by atoms with Gasteiger partial charge in [-0.05, 0) is 19.6 Å². The van der Waals surface area contributed by atoms with E-state index in [2.05, 4.69) is 15.3 Å². The van der Waals surface area contributed by atoms with Crippen molar-refractivity contribution in [2.75, 3.05) is 13.4 Å². The zero-order valence-corrected chi connectivity index (χ0v) is 14.0. The number of hydrogen-bond acceptors (Lipinski definition) is 6. The van der Waals surface area contributed by atoms with Crippen LogP contribution in [-0.4, -0.2) is 40.7 Å². The fourth-order valence-electron chi connectivity index (χ4n) is 1.86. The number of carbonyl (C=O) groups is 2. The fraction of sp³-hybridized carbons (Fsp3) is 0.538. The summed E-state index contributed by atoms with van der Waals surface area (Å²) in [5, 5.41) is 3.22. The molecule has 116 valence electrons. The Hall–Kier alpha value is -1.34. The Morgan fingerprint density at radius 2 is 2.19 bits per heavy atom. The Labute approximate surface area is 133 Å². The van der Waals surface area contributed by atoms with E-state index in [1.807, 2.05) is 6.92 Å². The number of halogens is 1. The molecule has 0 aliphatic heterocycles. The smallest absolute Gasteiger partial charge is 0.331 e. The van der Waals surface area contributed by atoms with E-state index in [0.717, 1.165) is 0 Å². The van der Waals surface area contributed by atoms with Crippen LogP contribution in [0.1, 0.15) is 37.2 Å².